The van der Waals surface area contributed by atoms with Crippen LogP contribution in [0, 0.1) is 17.2 Å². The van der Waals surface area contributed by atoms with Gasteiger partial charge in [-0.25, -0.2) is 4.79 Å². The SMILES string of the molecule is CC(C)(CC1CCC(C(=N)N)CC1)NC(=O)O. The first kappa shape index (κ1) is 13.8. The van der Waals surface area contributed by atoms with Crippen molar-refractivity contribution in [3.63, 3.8) is 0 Å². The molecule has 98 valence electrons. The van der Waals surface area contributed by atoms with Gasteiger partial charge >= 0.3 is 6.09 Å². The predicted molar refractivity (Wildman–Crippen MR) is 67.2 cm³/mol. The molecule has 0 saturated heterocycles. The van der Waals surface area contributed by atoms with Gasteiger partial charge in [-0.15, -0.1) is 0 Å². The third-order valence-corrected chi connectivity index (χ3v) is 3.53. The van der Waals surface area contributed by atoms with Crippen molar-refractivity contribution >= 4 is 11.9 Å². The van der Waals surface area contributed by atoms with Crippen LogP contribution in [0.15, 0.2) is 0 Å². The van der Waals surface area contributed by atoms with Crippen LogP contribution in [0.5, 0.6) is 0 Å². The summed E-state index contributed by atoms with van der Waals surface area (Å²) in [7, 11) is 0. The Labute approximate surface area is 102 Å². The van der Waals surface area contributed by atoms with Gasteiger partial charge in [-0.3, -0.25) is 5.41 Å². The van der Waals surface area contributed by atoms with E-state index < -0.39 is 6.09 Å². The Balaban J connectivity index is 2.39. The van der Waals surface area contributed by atoms with Crippen molar-refractivity contribution in [1.82, 2.24) is 5.32 Å². The molecule has 5 heteroatoms. The van der Waals surface area contributed by atoms with Crippen molar-refractivity contribution in [3.8, 4) is 0 Å². The van der Waals surface area contributed by atoms with Crippen molar-refractivity contribution in [2.45, 2.75) is 51.5 Å². The van der Waals surface area contributed by atoms with E-state index in [1.165, 1.54) is 0 Å². The molecule has 1 rings (SSSR count). The van der Waals surface area contributed by atoms with E-state index in [1.54, 1.807) is 0 Å². The molecule has 1 fully saturated rings. The summed E-state index contributed by atoms with van der Waals surface area (Å²) in [5.74, 6) is 1.07. The molecule has 0 aromatic heterocycles. The molecule has 1 saturated carbocycles. The molecule has 5 N–H and O–H groups in total. The maximum atomic E-state index is 10.6. The summed E-state index contributed by atoms with van der Waals surface area (Å²) in [5, 5.41) is 18.7. The smallest absolute Gasteiger partial charge is 0.405 e. The number of nitrogens with two attached hydrogens (primary N) is 1. The van der Waals surface area contributed by atoms with Crippen LogP contribution < -0.4 is 11.1 Å². The number of nitrogens with one attached hydrogen (secondary N) is 2. The second-order valence-electron chi connectivity index (χ2n) is 5.69. The lowest BCUT2D eigenvalue weighted by Crippen LogP contribution is -2.44. The van der Waals surface area contributed by atoms with Crippen molar-refractivity contribution in [2.24, 2.45) is 17.6 Å². The molecule has 0 aromatic carbocycles. The fourth-order valence-electron chi connectivity index (χ4n) is 2.74. The Bertz CT molecular complexity index is 294. The quantitative estimate of drug-likeness (QED) is 0.448. The lowest BCUT2D eigenvalue weighted by Gasteiger charge is -2.34. The fraction of sp³-hybridized carbons (Fsp3) is 0.833. The maximum Gasteiger partial charge on any atom is 0.405 e. The van der Waals surface area contributed by atoms with Crippen LogP contribution in [-0.4, -0.2) is 22.6 Å². The molecule has 0 radical (unpaired) electrons. The third-order valence-electron chi connectivity index (χ3n) is 3.53. The number of amidine groups is 1. The maximum absolute atomic E-state index is 10.6. The number of hydrogen-bond acceptors (Lipinski definition) is 2. The number of hydrogen-bond donors (Lipinski definition) is 4. The molecule has 0 aliphatic heterocycles. The van der Waals surface area contributed by atoms with Crippen LogP contribution in [0.1, 0.15) is 46.0 Å². The van der Waals surface area contributed by atoms with Gasteiger partial charge in [-0.2, -0.15) is 0 Å². The highest BCUT2D eigenvalue weighted by molar-refractivity contribution is 5.79. The van der Waals surface area contributed by atoms with Crippen molar-refractivity contribution < 1.29 is 9.90 Å². The van der Waals surface area contributed by atoms with E-state index in [4.69, 9.17) is 16.2 Å². The molecule has 5 nitrogen and oxygen atoms in total. The molecule has 0 heterocycles. The summed E-state index contributed by atoms with van der Waals surface area (Å²) in [6, 6.07) is 0. The van der Waals surface area contributed by atoms with E-state index in [1.807, 2.05) is 13.8 Å². The van der Waals surface area contributed by atoms with Gasteiger partial charge in [0.2, 0.25) is 0 Å². The minimum Gasteiger partial charge on any atom is -0.465 e. The molecule has 17 heavy (non-hydrogen) atoms. The zero-order chi connectivity index (χ0) is 13.1. The van der Waals surface area contributed by atoms with E-state index in [0.29, 0.717) is 11.8 Å². The van der Waals surface area contributed by atoms with Gasteiger partial charge in [-0.1, -0.05) is 0 Å². The van der Waals surface area contributed by atoms with Gasteiger partial charge in [0, 0.05) is 11.5 Å². The van der Waals surface area contributed by atoms with Gasteiger partial charge in [0.25, 0.3) is 0 Å². The zero-order valence-corrected chi connectivity index (χ0v) is 10.6. The highest BCUT2D eigenvalue weighted by Gasteiger charge is 2.29. The minimum absolute atomic E-state index is 0.238. The summed E-state index contributed by atoms with van der Waals surface area (Å²) in [5.41, 5.74) is 5.12. The minimum atomic E-state index is -0.965. The molecule has 1 amide bonds. The van der Waals surface area contributed by atoms with Crippen LogP contribution >= 0.6 is 0 Å². The van der Waals surface area contributed by atoms with Gasteiger partial charge in [-0.05, 0) is 51.9 Å². The monoisotopic (exact) mass is 241 g/mol. The van der Waals surface area contributed by atoms with Crippen LogP contribution in [-0.2, 0) is 0 Å². The summed E-state index contributed by atoms with van der Waals surface area (Å²) in [4.78, 5) is 10.6. The van der Waals surface area contributed by atoms with Crippen molar-refractivity contribution in [2.75, 3.05) is 0 Å². The Morgan fingerprint density at radius 1 is 1.41 bits per heavy atom. The summed E-state index contributed by atoms with van der Waals surface area (Å²) in [6.07, 6.45) is 3.88. The summed E-state index contributed by atoms with van der Waals surface area (Å²) in [6.45, 7) is 3.83. The van der Waals surface area contributed by atoms with E-state index in [9.17, 15) is 4.79 Å². The fourth-order valence-corrected chi connectivity index (χ4v) is 2.74. The first-order valence-electron chi connectivity index (χ1n) is 6.15. The van der Waals surface area contributed by atoms with Gasteiger partial charge in [0.1, 0.15) is 0 Å². The Kier molecular flexibility index (Phi) is 4.37. The molecule has 0 unspecified atom stereocenters. The largest absolute Gasteiger partial charge is 0.465 e. The molecule has 0 atom stereocenters. The molecule has 0 bridgehead atoms. The highest BCUT2D eigenvalue weighted by atomic mass is 16.4. The lowest BCUT2D eigenvalue weighted by atomic mass is 9.76. The van der Waals surface area contributed by atoms with E-state index in [-0.39, 0.29) is 11.5 Å². The van der Waals surface area contributed by atoms with Gasteiger partial charge < -0.3 is 16.2 Å². The van der Waals surface area contributed by atoms with Crippen molar-refractivity contribution in [1.29, 1.82) is 5.41 Å². The number of carboxylic acid groups (broad SMARTS) is 1. The van der Waals surface area contributed by atoms with Crippen LogP contribution in [0.25, 0.3) is 0 Å². The van der Waals surface area contributed by atoms with E-state index in [0.717, 1.165) is 32.1 Å². The highest BCUT2D eigenvalue weighted by Crippen LogP contribution is 2.33. The van der Waals surface area contributed by atoms with Crippen LogP contribution in [0.2, 0.25) is 0 Å². The number of amides is 1. The standard InChI is InChI=1S/C12H23N3O2/c1-12(2,15-11(16)17)7-8-3-5-9(6-4-8)10(13)14/h8-9,15H,3-7H2,1-2H3,(H3,13,14)(H,16,17). The molecule has 1 aliphatic carbocycles. The van der Waals surface area contributed by atoms with Gasteiger partial charge in [0.05, 0.1) is 5.84 Å². The summed E-state index contributed by atoms with van der Waals surface area (Å²) >= 11 is 0. The molecule has 1 aliphatic rings. The molecular formula is C12H23N3O2. The Morgan fingerprint density at radius 3 is 2.35 bits per heavy atom. The van der Waals surface area contributed by atoms with Gasteiger partial charge in [0.15, 0.2) is 0 Å². The Morgan fingerprint density at radius 2 is 1.94 bits per heavy atom. The number of rotatable bonds is 4. The first-order chi connectivity index (χ1) is 7.80. The summed E-state index contributed by atoms with van der Waals surface area (Å²) < 4.78 is 0. The lowest BCUT2D eigenvalue weighted by molar-refractivity contribution is 0.171. The second kappa shape index (κ2) is 5.38. The average Bonchev–Trinajstić information content (AvgIpc) is 2.15. The molecule has 0 aromatic rings. The van der Waals surface area contributed by atoms with E-state index >= 15 is 0 Å². The third kappa shape index (κ3) is 4.63. The average molecular weight is 241 g/mol. The zero-order valence-electron chi connectivity index (χ0n) is 10.6. The predicted octanol–water partition coefficient (Wildman–Crippen LogP) is 2.17. The van der Waals surface area contributed by atoms with Crippen LogP contribution in [0.4, 0.5) is 4.79 Å². The number of carbonyl (C=O) groups is 1. The van der Waals surface area contributed by atoms with Crippen LogP contribution in [0.3, 0.4) is 0 Å². The first-order valence-corrected chi connectivity index (χ1v) is 6.15. The Hall–Kier alpha value is -1.26. The normalized spacial score (nSPS) is 25.3. The van der Waals surface area contributed by atoms with Crippen molar-refractivity contribution in [3.05, 3.63) is 0 Å². The van der Waals surface area contributed by atoms with E-state index in [2.05, 4.69) is 5.32 Å². The topological polar surface area (TPSA) is 99.2 Å². The molecule has 0 spiro atoms. The second-order valence-corrected chi connectivity index (χ2v) is 5.69. The molecular weight excluding hydrogens is 218 g/mol.